The second-order valence-electron chi connectivity index (χ2n) is 2.70. The van der Waals surface area contributed by atoms with Crippen molar-refractivity contribution in [3.63, 3.8) is 0 Å². The molecule has 0 spiro atoms. The Morgan fingerprint density at radius 2 is 2.46 bits per heavy atom. The number of aromatic nitrogens is 1. The minimum atomic E-state index is -0.854. The van der Waals surface area contributed by atoms with Gasteiger partial charge in [-0.15, -0.1) is 0 Å². The van der Waals surface area contributed by atoms with E-state index in [9.17, 15) is 4.79 Å². The summed E-state index contributed by atoms with van der Waals surface area (Å²) in [6.07, 6.45) is 1.60. The van der Waals surface area contributed by atoms with Gasteiger partial charge in [0.05, 0.1) is 5.69 Å². The SMILES string of the molecule is CNCC(C(=O)O)c1ccccn1. The molecule has 13 heavy (non-hydrogen) atoms. The predicted octanol–water partition coefficient (Wildman–Crippen LogP) is 0.469. The van der Waals surface area contributed by atoms with Crippen molar-refractivity contribution in [3.8, 4) is 0 Å². The van der Waals surface area contributed by atoms with Gasteiger partial charge < -0.3 is 10.4 Å². The number of carboxylic acid groups (broad SMARTS) is 1. The van der Waals surface area contributed by atoms with Gasteiger partial charge in [-0.05, 0) is 19.2 Å². The first-order valence-electron chi connectivity index (χ1n) is 4.04. The fraction of sp³-hybridized carbons (Fsp3) is 0.333. The third kappa shape index (κ3) is 2.52. The molecule has 0 aliphatic heterocycles. The van der Waals surface area contributed by atoms with Gasteiger partial charge in [-0.2, -0.15) is 0 Å². The Kier molecular flexibility index (Phi) is 3.40. The van der Waals surface area contributed by atoms with E-state index in [-0.39, 0.29) is 0 Å². The van der Waals surface area contributed by atoms with Crippen LogP contribution in [0.25, 0.3) is 0 Å². The number of carboxylic acids is 1. The zero-order valence-corrected chi connectivity index (χ0v) is 7.40. The van der Waals surface area contributed by atoms with Crippen LogP contribution in [0.2, 0.25) is 0 Å². The molecule has 1 aromatic rings. The first kappa shape index (κ1) is 9.67. The van der Waals surface area contributed by atoms with E-state index in [0.29, 0.717) is 12.2 Å². The summed E-state index contributed by atoms with van der Waals surface area (Å²) in [6, 6.07) is 5.27. The molecule has 0 aliphatic rings. The molecule has 0 radical (unpaired) electrons. The molecule has 2 N–H and O–H groups in total. The quantitative estimate of drug-likeness (QED) is 0.707. The molecule has 0 bridgehead atoms. The first-order chi connectivity index (χ1) is 6.25. The van der Waals surface area contributed by atoms with E-state index in [4.69, 9.17) is 5.11 Å². The van der Waals surface area contributed by atoms with Crippen molar-refractivity contribution in [3.05, 3.63) is 30.1 Å². The molecule has 1 atom stereocenters. The van der Waals surface area contributed by atoms with Crippen LogP contribution in [0, 0.1) is 0 Å². The Hall–Kier alpha value is -1.42. The highest BCUT2D eigenvalue weighted by Crippen LogP contribution is 2.11. The maximum atomic E-state index is 10.8. The molecule has 70 valence electrons. The van der Waals surface area contributed by atoms with Crippen LogP contribution in [-0.4, -0.2) is 29.7 Å². The largest absolute Gasteiger partial charge is 0.481 e. The highest BCUT2D eigenvalue weighted by Gasteiger charge is 2.19. The topological polar surface area (TPSA) is 62.2 Å². The predicted molar refractivity (Wildman–Crippen MR) is 48.5 cm³/mol. The fourth-order valence-corrected chi connectivity index (χ4v) is 1.10. The van der Waals surface area contributed by atoms with E-state index in [1.165, 1.54) is 0 Å². The van der Waals surface area contributed by atoms with Crippen molar-refractivity contribution in [2.45, 2.75) is 5.92 Å². The van der Waals surface area contributed by atoms with Crippen molar-refractivity contribution in [2.24, 2.45) is 0 Å². The zero-order chi connectivity index (χ0) is 9.68. The molecule has 0 aromatic carbocycles. The van der Waals surface area contributed by atoms with Crippen LogP contribution < -0.4 is 5.32 Å². The minimum Gasteiger partial charge on any atom is -0.481 e. The summed E-state index contributed by atoms with van der Waals surface area (Å²) >= 11 is 0. The Morgan fingerprint density at radius 3 is 2.92 bits per heavy atom. The maximum Gasteiger partial charge on any atom is 0.313 e. The Morgan fingerprint density at radius 1 is 1.69 bits per heavy atom. The number of likely N-dealkylation sites (N-methyl/N-ethyl adjacent to an activating group) is 1. The van der Waals surface area contributed by atoms with E-state index < -0.39 is 11.9 Å². The number of pyridine rings is 1. The Labute approximate surface area is 76.6 Å². The molecule has 0 saturated carbocycles. The molecule has 1 heterocycles. The lowest BCUT2D eigenvalue weighted by atomic mass is 10.1. The average molecular weight is 180 g/mol. The number of hydrogen-bond acceptors (Lipinski definition) is 3. The molecule has 4 nitrogen and oxygen atoms in total. The van der Waals surface area contributed by atoms with E-state index >= 15 is 0 Å². The van der Waals surface area contributed by atoms with Crippen LogP contribution in [-0.2, 0) is 4.79 Å². The second kappa shape index (κ2) is 4.57. The maximum absolute atomic E-state index is 10.8. The summed E-state index contributed by atoms with van der Waals surface area (Å²) < 4.78 is 0. The van der Waals surface area contributed by atoms with Gasteiger partial charge in [0.25, 0.3) is 0 Å². The van der Waals surface area contributed by atoms with Crippen LogP contribution in [0.15, 0.2) is 24.4 Å². The number of nitrogens with zero attached hydrogens (tertiary/aromatic N) is 1. The summed E-state index contributed by atoms with van der Waals surface area (Å²) in [5, 5.41) is 11.7. The molecule has 0 fully saturated rings. The van der Waals surface area contributed by atoms with Gasteiger partial charge in [0, 0.05) is 12.7 Å². The van der Waals surface area contributed by atoms with E-state index in [2.05, 4.69) is 10.3 Å². The number of aliphatic carboxylic acids is 1. The molecule has 0 amide bonds. The van der Waals surface area contributed by atoms with Crippen molar-refractivity contribution < 1.29 is 9.90 Å². The van der Waals surface area contributed by atoms with Gasteiger partial charge in [0.15, 0.2) is 0 Å². The highest BCUT2D eigenvalue weighted by molar-refractivity contribution is 5.75. The third-order valence-corrected chi connectivity index (χ3v) is 1.75. The molecular formula is C9H12N2O2. The van der Waals surface area contributed by atoms with Gasteiger partial charge in [0.1, 0.15) is 5.92 Å². The Bertz CT molecular complexity index is 274. The highest BCUT2D eigenvalue weighted by atomic mass is 16.4. The van der Waals surface area contributed by atoms with Crippen molar-refractivity contribution in [1.82, 2.24) is 10.3 Å². The van der Waals surface area contributed by atoms with Crippen LogP contribution in [0.3, 0.4) is 0 Å². The van der Waals surface area contributed by atoms with Gasteiger partial charge in [0.2, 0.25) is 0 Å². The van der Waals surface area contributed by atoms with E-state index in [1.54, 1.807) is 31.4 Å². The summed E-state index contributed by atoms with van der Waals surface area (Å²) in [6.45, 7) is 0.395. The lowest BCUT2D eigenvalue weighted by molar-refractivity contribution is -0.138. The van der Waals surface area contributed by atoms with Crippen LogP contribution in [0.1, 0.15) is 11.6 Å². The van der Waals surface area contributed by atoms with Gasteiger partial charge in [-0.1, -0.05) is 6.07 Å². The van der Waals surface area contributed by atoms with Gasteiger partial charge in [-0.3, -0.25) is 9.78 Å². The second-order valence-corrected chi connectivity index (χ2v) is 2.70. The van der Waals surface area contributed by atoms with Crippen molar-refractivity contribution in [1.29, 1.82) is 0 Å². The summed E-state index contributed by atoms with van der Waals surface area (Å²) in [7, 11) is 1.72. The fourth-order valence-electron chi connectivity index (χ4n) is 1.10. The van der Waals surface area contributed by atoms with Crippen LogP contribution >= 0.6 is 0 Å². The third-order valence-electron chi connectivity index (χ3n) is 1.75. The molecule has 1 aromatic heterocycles. The number of hydrogen-bond donors (Lipinski definition) is 2. The lowest BCUT2D eigenvalue weighted by Gasteiger charge is -2.09. The van der Waals surface area contributed by atoms with Gasteiger partial charge in [-0.25, -0.2) is 0 Å². The van der Waals surface area contributed by atoms with Crippen molar-refractivity contribution in [2.75, 3.05) is 13.6 Å². The average Bonchev–Trinajstić information content (AvgIpc) is 2.15. The smallest absolute Gasteiger partial charge is 0.313 e. The molecule has 1 rings (SSSR count). The van der Waals surface area contributed by atoms with Crippen molar-refractivity contribution >= 4 is 5.97 Å². The molecule has 0 saturated heterocycles. The van der Waals surface area contributed by atoms with Gasteiger partial charge >= 0.3 is 5.97 Å². The van der Waals surface area contributed by atoms with E-state index in [0.717, 1.165) is 0 Å². The summed E-state index contributed by atoms with van der Waals surface area (Å²) in [5.74, 6) is -1.42. The molecule has 1 unspecified atom stereocenters. The molecule has 0 aliphatic carbocycles. The number of rotatable bonds is 4. The number of carbonyl (C=O) groups is 1. The minimum absolute atomic E-state index is 0.395. The first-order valence-corrected chi connectivity index (χ1v) is 4.04. The monoisotopic (exact) mass is 180 g/mol. The standard InChI is InChI=1S/C9H12N2O2/c1-10-6-7(9(12)13)8-4-2-3-5-11-8/h2-5,7,10H,6H2,1H3,(H,12,13). The number of nitrogens with one attached hydrogen (secondary N) is 1. The van der Waals surface area contributed by atoms with Crippen LogP contribution in [0.4, 0.5) is 0 Å². The Balaban J connectivity index is 2.82. The van der Waals surface area contributed by atoms with E-state index in [1.807, 2.05) is 0 Å². The van der Waals surface area contributed by atoms with Crippen LogP contribution in [0.5, 0.6) is 0 Å². The summed E-state index contributed by atoms with van der Waals surface area (Å²) in [5.41, 5.74) is 0.587. The summed E-state index contributed by atoms with van der Waals surface area (Å²) in [4.78, 5) is 14.8. The molecule has 4 heteroatoms. The normalized spacial score (nSPS) is 12.4. The molecular weight excluding hydrogens is 168 g/mol. The zero-order valence-electron chi connectivity index (χ0n) is 7.40. The lowest BCUT2D eigenvalue weighted by Crippen LogP contribution is -2.24.